The summed E-state index contributed by atoms with van der Waals surface area (Å²) >= 11 is 0. The number of fused-ring (bicyclic) bond motifs is 1. The van der Waals surface area contributed by atoms with E-state index in [-0.39, 0.29) is 12.3 Å². The number of benzene rings is 1. The van der Waals surface area contributed by atoms with Crippen LogP contribution in [-0.4, -0.2) is 27.6 Å². The van der Waals surface area contributed by atoms with Gasteiger partial charge < -0.3 is 19.2 Å². The van der Waals surface area contributed by atoms with Crippen LogP contribution in [0.5, 0.6) is 0 Å². The molecule has 1 atom stereocenters. The van der Waals surface area contributed by atoms with E-state index in [1.807, 2.05) is 38.2 Å². The van der Waals surface area contributed by atoms with Gasteiger partial charge in [0.25, 0.3) is 0 Å². The molecule has 0 aliphatic rings. The SMILES string of the molecule is CNC(c1cc2cccc(C)c2o1)C(OC)OC. The Morgan fingerprint density at radius 1 is 1.22 bits per heavy atom. The summed E-state index contributed by atoms with van der Waals surface area (Å²) in [6, 6.07) is 7.99. The topological polar surface area (TPSA) is 43.6 Å². The number of rotatable bonds is 5. The molecular formula is C14H19NO3. The second-order valence-corrected chi connectivity index (χ2v) is 4.25. The molecule has 0 radical (unpaired) electrons. The van der Waals surface area contributed by atoms with Crippen molar-refractivity contribution >= 4 is 11.0 Å². The molecule has 2 aromatic rings. The molecule has 0 aliphatic carbocycles. The predicted molar refractivity (Wildman–Crippen MR) is 70.6 cm³/mol. The molecule has 0 bridgehead atoms. The lowest BCUT2D eigenvalue weighted by Crippen LogP contribution is -2.32. The Morgan fingerprint density at radius 2 is 1.94 bits per heavy atom. The maximum atomic E-state index is 5.91. The van der Waals surface area contributed by atoms with Crippen molar-refractivity contribution in [3.63, 3.8) is 0 Å². The predicted octanol–water partition coefficient (Wildman–Crippen LogP) is 2.62. The average molecular weight is 249 g/mol. The summed E-state index contributed by atoms with van der Waals surface area (Å²) in [4.78, 5) is 0. The van der Waals surface area contributed by atoms with Crippen LogP contribution in [-0.2, 0) is 9.47 Å². The van der Waals surface area contributed by atoms with Gasteiger partial charge in [-0.2, -0.15) is 0 Å². The fraction of sp³-hybridized carbons (Fsp3) is 0.429. The molecule has 1 unspecified atom stereocenters. The number of likely N-dealkylation sites (N-methyl/N-ethyl adjacent to an activating group) is 1. The first-order valence-corrected chi connectivity index (χ1v) is 5.93. The number of hydrogen-bond donors (Lipinski definition) is 1. The van der Waals surface area contributed by atoms with Crippen molar-refractivity contribution in [2.45, 2.75) is 19.3 Å². The van der Waals surface area contributed by atoms with Gasteiger partial charge in [-0.25, -0.2) is 0 Å². The van der Waals surface area contributed by atoms with Gasteiger partial charge in [0.05, 0.1) is 0 Å². The fourth-order valence-corrected chi connectivity index (χ4v) is 2.16. The van der Waals surface area contributed by atoms with E-state index in [4.69, 9.17) is 13.9 Å². The number of ether oxygens (including phenoxy) is 2. The maximum absolute atomic E-state index is 5.91. The largest absolute Gasteiger partial charge is 0.459 e. The Labute approximate surface area is 107 Å². The van der Waals surface area contributed by atoms with Gasteiger partial charge in [0.1, 0.15) is 17.4 Å². The van der Waals surface area contributed by atoms with Gasteiger partial charge >= 0.3 is 0 Å². The van der Waals surface area contributed by atoms with Crippen molar-refractivity contribution < 1.29 is 13.9 Å². The van der Waals surface area contributed by atoms with Crippen molar-refractivity contribution in [1.82, 2.24) is 5.32 Å². The van der Waals surface area contributed by atoms with E-state index in [1.165, 1.54) is 0 Å². The fourth-order valence-electron chi connectivity index (χ4n) is 2.16. The number of nitrogens with one attached hydrogen (secondary N) is 1. The molecule has 4 nitrogen and oxygen atoms in total. The van der Waals surface area contributed by atoms with Crippen LogP contribution in [0.3, 0.4) is 0 Å². The smallest absolute Gasteiger partial charge is 0.179 e. The van der Waals surface area contributed by atoms with Crippen molar-refractivity contribution in [3.8, 4) is 0 Å². The Kier molecular flexibility index (Phi) is 4.01. The second-order valence-electron chi connectivity index (χ2n) is 4.25. The molecule has 1 aromatic heterocycles. The molecule has 18 heavy (non-hydrogen) atoms. The van der Waals surface area contributed by atoms with E-state index in [2.05, 4.69) is 5.32 Å². The molecule has 1 N–H and O–H groups in total. The third-order valence-electron chi connectivity index (χ3n) is 3.11. The third-order valence-corrected chi connectivity index (χ3v) is 3.11. The highest BCUT2D eigenvalue weighted by molar-refractivity contribution is 5.81. The lowest BCUT2D eigenvalue weighted by Gasteiger charge is -2.22. The van der Waals surface area contributed by atoms with E-state index >= 15 is 0 Å². The number of aryl methyl sites for hydroxylation is 1. The van der Waals surface area contributed by atoms with Crippen molar-refractivity contribution in [2.24, 2.45) is 0 Å². The second kappa shape index (κ2) is 5.52. The van der Waals surface area contributed by atoms with Crippen LogP contribution in [0.4, 0.5) is 0 Å². The zero-order valence-electron chi connectivity index (χ0n) is 11.2. The van der Waals surface area contributed by atoms with E-state index in [0.717, 1.165) is 22.3 Å². The minimum absolute atomic E-state index is 0.133. The standard InChI is InChI=1S/C14H19NO3/c1-9-6-5-7-10-8-11(18-13(9)10)12(15-2)14(16-3)17-4/h5-8,12,14-15H,1-4H3. The van der Waals surface area contributed by atoms with Gasteiger partial charge in [0.15, 0.2) is 6.29 Å². The first kappa shape index (κ1) is 13.1. The summed E-state index contributed by atoms with van der Waals surface area (Å²) in [5, 5.41) is 4.25. The average Bonchev–Trinajstić information content (AvgIpc) is 2.80. The number of hydrogen-bond acceptors (Lipinski definition) is 4. The summed E-state index contributed by atoms with van der Waals surface area (Å²) in [5.41, 5.74) is 2.04. The van der Waals surface area contributed by atoms with Crippen LogP contribution in [0.15, 0.2) is 28.7 Å². The van der Waals surface area contributed by atoms with Gasteiger partial charge in [0.2, 0.25) is 0 Å². The molecule has 0 amide bonds. The highest BCUT2D eigenvalue weighted by Crippen LogP contribution is 2.28. The van der Waals surface area contributed by atoms with Gasteiger partial charge in [-0.1, -0.05) is 18.2 Å². The van der Waals surface area contributed by atoms with E-state index in [9.17, 15) is 0 Å². The Hall–Kier alpha value is -1.36. The van der Waals surface area contributed by atoms with Crippen LogP contribution in [0.2, 0.25) is 0 Å². The van der Waals surface area contributed by atoms with Crippen molar-refractivity contribution in [1.29, 1.82) is 0 Å². The summed E-state index contributed by atoms with van der Waals surface area (Å²) in [7, 11) is 5.09. The molecule has 0 fully saturated rings. The van der Waals surface area contributed by atoms with Gasteiger partial charge in [-0.3, -0.25) is 0 Å². The maximum Gasteiger partial charge on any atom is 0.179 e. The highest BCUT2D eigenvalue weighted by Gasteiger charge is 2.24. The molecule has 98 valence electrons. The van der Waals surface area contributed by atoms with Crippen LogP contribution < -0.4 is 5.32 Å². The number of para-hydroxylation sites is 1. The van der Waals surface area contributed by atoms with Crippen LogP contribution in [0, 0.1) is 6.92 Å². The molecular weight excluding hydrogens is 230 g/mol. The molecule has 4 heteroatoms. The molecule has 1 heterocycles. The molecule has 0 spiro atoms. The van der Waals surface area contributed by atoms with Crippen LogP contribution >= 0.6 is 0 Å². The Morgan fingerprint density at radius 3 is 2.50 bits per heavy atom. The quantitative estimate of drug-likeness (QED) is 0.827. The molecule has 0 saturated heterocycles. The minimum Gasteiger partial charge on any atom is -0.459 e. The third kappa shape index (κ3) is 2.27. The Bertz CT molecular complexity index is 517. The number of furan rings is 1. The summed E-state index contributed by atoms with van der Waals surface area (Å²) < 4.78 is 16.5. The van der Waals surface area contributed by atoms with Crippen LogP contribution in [0.1, 0.15) is 17.4 Å². The summed E-state index contributed by atoms with van der Waals surface area (Å²) in [6.45, 7) is 2.04. The first-order valence-electron chi connectivity index (χ1n) is 5.93. The first-order chi connectivity index (χ1) is 8.71. The molecule has 0 saturated carbocycles. The van der Waals surface area contributed by atoms with Crippen molar-refractivity contribution in [3.05, 3.63) is 35.6 Å². The Balaban J connectivity index is 2.42. The lowest BCUT2D eigenvalue weighted by atomic mass is 10.1. The number of methoxy groups -OCH3 is 2. The van der Waals surface area contributed by atoms with Gasteiger partial charge in [-0.15, -0.1) is 0 Å². The zero-order chi connectivity index (χ0) is 13.1. The zero-order valence-corrected chi connectivity index (χ0v) is 11.2. The summed E-state index contributed by atoms with van der Waals surface area (Å²) in [5.74, 6) is 0.815. The minimum atomic E-state index is -0.379. The lowest BCUT2D eigenvalue weighted by molar-refractivity contribution is -0.126. The van der Waals surface area contributed by atoms with E-state index < -0.39 is 0 Å². The van der Waals surface area contributed by atoms with Gasteiger partial charge in [-0.05, 0) is 25.6 Å². The molecule has 2 rings (SSSR count). The summed E-state index contributed by atoms with van der Waals surface area (Å²) in [6.07, 6.45) is -0.379. The van der Waals surface area contributed by atoms with Crippen LogP contribution in [0.25, 0.3) is 11.0 Å². The molecule has 1 aromatic carbocycles. The monoisotopic (exact) mass is 249 g/mol. The van der Waals surface area contributed by atoms with Gasteiger partial charge in [0, 0.05) is 19.6 Å². The van der Waals surface area contributed by atoms with Crippen molar-refractivity contribution in [2.75, 3.05) is 21.3 Å². The molecule has 0 aliphatic heterocycles. The van der Waals surface area contributed by atoms with E-state index in [1.54, 1.807) is 14.2 Å². The highest BCUT2D eigenvalue weighted by atomic mass is 16.7. The van der Waals surface area contributed by atoms with E-state index in [0.29, 0.717) is 0 Å². The normalized spacial score (nSPS) is 13.4.